The zero-order valence-corrected chi connectivity index (χ0v) is 13.2. The summed E-state index contributed by atoms with van der Waals surface area (Å²) in [5.74, 6) is -0.240. The molecule has 126 valence electrons. The first-order valence-electron chi connectivity index (χ1n) is 8.36. The number of hydrogen-bond acceptors (Lipinski definition) is 3. The number of nitrogens with one attached hydrogen (secondary N) is 1. The van der Waals surface area contributed by atoms with Crippen LogP contribution in [0.5, 0.6) is 0 Å². The number of aliphatic hydroxyl groups excluding tert-OH is 1. The summed E-state index contributed by atoms with van der Waals surface area (Å²) >= 11 is 0. The Hall–Kier alpha value is -1.82. The normalized spacial score (nSPS) is 25.3. The van der Waals surface area contributed by atoms with Crippen LogP contribution >= 0.6 is 0 Å². The van der Waals surface area contributed by atoms with Crippen LogP contribution in [-0.2, 0) is 0 Å². The van der Waals surface area contributed by atoms with Gasteiger partial charge in [-0.2, -0.15) is 0 Å². The van der Waals surface area contributed by atoms with Gasteiger partial charge in [0, 0.05) is 37.9 Å². The van der Waals surface area contributed by atoms with E-state index < -0.39 is 6.10 Å². The van der Waals surface area contributed by atoms with E-state index in [1.165, 1.54) is 12.1 Å². The van der Waals surface area contributed by atoms with E-state index in [0.717, 1.165) is 37.9 Å². The van der Waals surface area contributed by atoms with E-state index >= 15 is 0 Å². The summed E-state index contributed by atoms with van der Waals surface area (Å²) in [7, 11) is 0. The number of carbonyl (C=O) groups is 1. The maximum atomic E-state index is 13.4. The van der Waals surface area contributed by atoms with Crippen molar-refractivity contribution in [1.29, 1.82) is 0 Å². The zero-order valence-electron chi connectivity index (χ0n) is 13.2. The average Bonchev–Trinajstić information content (AvgIpc) is 2.55. The Morgan fingerprint density at radius 3 is 2.83 bits per heavy atom. The highest BCUT2D eigenvalue weighted by Gasteiger charge is 2.26. The predicted molar refractivity (Wildman–Crippen MR) is 87.0 cm³/mol. The summed E-state index contributed by atoms with van der Waals surface area (Å²) in [6.45, 7) is 2.67. The number of anilines is 1. The van der Waals surface area contributed by atoms with E-state index in [9.17, 15) is 14.3 Å². The molecule has 5 nitrogen and oxygen atoms in total. The van der Waals surface area contributed by atoms with E-state index in [4.69, 9.17) is 0 Å². The van der Waals surface area contributed by atoms with Crippen LogP contribution in [0.2, 0.25) is 0 Å². The molecule has 2 saturated heterocycles. The van der Waals surface area contributed by atoms with Crippen molar-refractivity contribution < 1.29 is 14.3 Å². The maximum absolute atomic E-state index is 13.4. The van der Waals surface area contributed by atoms with Crippen LogP contribution in [0.15, 0.2) is 24.3 Å². The fourth-order valence-corrected chi connectivity index (χ4v) is 3.41. The minimum absolute atomic E-state index is 0.0542. The minimum atomic E-state index is -0.412. The van der Waals surface area contributed by atoms with Crippen molar-refractivity contribution in [2.24, 2.45) is 0 Å². The van der Waals surface area contributed by atoms with Gasteiger partial charge in [0.05, 0.1) is 6.10 Å². The number of carbonyl (C=O) groups excluding carboxylic acids is 1. The quantitative estimate of drug-likeness (QED) is 0.875. The monoisotopic (exact) mass is 321 g/mol. The molecule has 0 bridgehead atoms. The topological polar surface area (TPSA) is 55.8 Å². The Morgan fingerprint density at radius 1 is 1.22 bits per heavy atom. The number of likely N-dealkylation sites (tertiary alicyclic amines) is 1. The second kappa shape index (κ2) is 7.17. The molecule has 2 atom stereocenters. The lowest BCUT2D eigenvalue weighted by atomic mass is 10.0. The molecular formula is C17H24FN3O2. The van der Waals surface area contributed by atoms with Crippen molar-refractivity contribution in [2.45, 2.75) is 37.8 Å². The summed E-state index contributed by atoms with van der Waals surface area (Å²) in [6.07, 6.45) is 3.08. The third-order valence-electron chi connectivity index (χ3n) is 4.61. The Labute approximate surface area is 136 Å². The number of halogens is 1. The van der Waals surface area contributed by atoms with Crippen molar-refractivity contribution in [1.82, 2.24) is 10.2 Å². The van der Waals surface area contributed by atoms with Gasteiger partial charge in [-0.3, -0.25) is 0 Å². The van der Waals surface area contributed by atoms with Crippen molar-refractivity contribution >= 4 is 11.7 Å². The number of amides is 2. The first kappa shape index (κ1) is 16.1. The molecule has 3 rings (SSSR count). The van der Waals surface area contributed by atoms with Crippen molar-refractivity contribution in [2.75, 3.05) is 31.1 Å². The molecule has 0 radical (unpaired) electrons. The van der Waals surface area contributed by atoms with Crippen LogP contribution in [0.3, 0.4) is 0 Å². The molecular weight excluding hydrogens is 297 g/mol. The van der Waals surface area contributed by atoms with Gasteiger partial charge in [0.25, 0.3) is 0 Å². The highest BCUT2D eigenvalue weighted by molar-refractivity contribution is 5.74. The first-order chi connectivity index (χ1) is 11.1. The third kappa shape index (κ3) is 4.13. The second-order valence-electron chi connectivity index (χ2n) is 6.46. The molecule has 6 heteroatoms. The number of urea groups is 1. The van der Waals surface area contributed by atoms with Crippen LogP contribution in [-0.4, -0.2) is 54.4 Å². The Balaban J connectivity index is 1.57. The predicted octanol–water partition coefficient (Wildman–Crippen LogP) is 1.96. The molecule has 0 aromatic heterocycles. The maximum Gasteiger partial charge on any atom is 0.317 e. The molecule has 0 spiro atoms. The molecule has 2 aliphatic rings. The smallest absolute Gasteiger partial charge is 0.317 e. The largest absolute Gasteiger partial charge is 0.391 e. The average molecular weight is 321 g/mol. The van der Waals surface area contributed by atoms with Crippen molar-refractivity contribution in [3.05, 3.63) is 30.1 Å². The number of aliphatic hydroxyl groups is 1. The standard InChI is InChI=1S/C17H24FN3O2/c18-13-4-1-6-15(10-13)20-8-2-5-14(11-20)19-17(23)21-9-3-7-16(22)12-21/h1,4,6,10,14,16,22H,2-3,5,7-9,11-12H2,(H,19,23). The van der Waals surface area contributed by atoms with Gasteiger partial charge in [0.15, 0.2) is 0 Å². The third-order valence-corrected chi connectivity index (χ3v) is 4.61. The molecule has 2 fully saturated rings. The Kier molecular flexibility index (Phi) is 5.00. The number of nitrogens with zero attached hydrogens (tertiary/aromatic N) is 2. The van der Waals surface area contributed by atoms with Gasteiger partial charge in [-0.1, -0.05) is 6.07 Å². The number of piperidine rings is 2. The lowest BCUT2D eigenvalue weighted by Gasteiger charge is -2.37. The van der Waals surface area contributed by atoms with Gasteiger partial charge in [0.2, 0.25) is 0 Å². The summed E-state index contributed by atoms with van der Waals surface area (Å²) in [5.41, 5.74) is 0.859. The van der Waals surface area contributed by atoms with Crippen LogP contribution in [0.25, 0.3) is 0 Å². The highest BCUT2D eigenvalue weighted by atomic mass is 19.1. The van der Waals surface area contributed by atoms with E-state index in [1.54, 1.807) is 11.0 Å². The van der Waals surface area contributed by atoms with Gasteiger partial charge in [0.1, 0.15) is 5.82 Å². The minimum Gasteiger partial charge on any atom is -0.391 e. The number of rotatable bonds is 2. The number of hydrogen-bond donors (Lipinski definition) is 2. The fourth-order valence-electron chi connectivity index (χ4n) is 3.41. The van der Waals surface area contributed by atoms with Gasteiger partial charge in [-0.05, 0) is 43.9 Å². The molecule has 2 N–H and O–H groups in total. The van der Waals surface area contributed by atoms with Gasteiger partial charge in [-0.15, -0.1) is 0 Å². The van der Waals surface area contributed by atoms with E-state index in [2.05, 4.69) is 10.2 Å². The summed E-state index contributed by atoms with van der Waals surface area (Å²) in [6, 6.07) is 6.53. The molecule has 23 heavy (non-hydrogen) atoms. The van der Waals surface area contributed by atoms with E-state index in [-0.39, 0.29) is 17.9 Å². The van der Waals surface area contributed by atoms with Crippen LogP contribution < -0.4 is 10.2 Å². The number of β-amino-alcohol motifs (C(OH)–C–C–N with tert-alkyl or cyclic N) is 1. The lowest BCUT2D eigenvalue weighted by Crippen LogP contribution is -2.54. The molecule has 0 saturated carbocycles. The Morgan fingerprint density at radius 2 is 2.04 bits per heavy atom. The summed E-state index contributed by atoms with van der Waals surface area (Å²) in [4.78, 5) is 16.1. The fraction of sp³-hybridized carbons (Fsp3) is 0.588. The van der Waals surface area contributed by atoms with Crippen LogP contribution in [0.1, 0.15) is 25.7 Å². The molecule has 2 amide bonds. The molecule has 2 unspecified atom stereocenters. The lowest BCUT2D eigenvalue weighted by molar-refractivity contribution is 0.0831. The number of benzene rings is 1. The van der Waals surface area contributed by atoms with Gasteiger partial charge < -0.3 is 20.2 Å². The van der Waals surface area contributed by atoms with E-state index in [1.807, 2.05) is 6.07 Å². The second-order valence-corrected chi connectivity index (χ2v) is 6.46. The highest BCUT2D eigenvalue weighted by Crippen LogP contribution is 2.21. The van der Waals surface area contributed by atoms with E-state index in [0.29, 0.717) is 19.6 Å². The molecule has 0 aliphatic carbocycles. The summed E-state index contributed by atoms with van der Waals surface area (Å²) in [5, 5.41) is 12.7. The van der Waals surface area contributed by atoms with Crippen molar-refractivity contribution in [3.63, 3.8) is 0 Å². The van der Waals surface area contributed by atoms with Crippen molar-refractivity contribution in [3.8, 4) is 0 Å². The molecule has 1 aromatic carbocycles. The molecule has 1 aromatic rings. The Bertz CT molecular complexity index is 554. The summed E-state index contributed by atoms with van der Waals surface area (Å²) < 4.78 is 13.4. The molecule has 2 heterocycles. The first-order valence-corrected chi connectivity index (χ1v) is 8.36. The van der Waals surface area contributed by atoms with Crippen LogP contribution in [0.4, 0.5) is 14.9 Å². The van der Waals surface area contributed by atoms with Gasteiger partial charge >= 0.3 is 6.03 Å². The zero-order chi connectivity index (χ0) is 16.2. The SMILES string of the molecule is O=C(NC1CCCN(c2cccc(F)c2)C1)N1CCCC(O)C1. The van der Waals surface area contributed by atoms with Gasteiger partial charge in [-0.25, -0.2) is 9.18 Å². The molecule has 2 aliphatic heterocycles. The van der Waals surface area contributed by atoms with Crippen LogP contribution in [0, 0.1) is 5.82 Å².